The van der Waals surface area contributed by atoms with Crippen molar-refractivity contribution in [3.63, 3.8) is 0 Å². The first-order valence-corrected chi connectivity index (χ1v) is 10.4. The molecule has 0 saturated heterocycles. The van der Waals surface area contributed by atoms with E-state index in [9.17, 15) is 0 Å². The molecule has 0 unspecified atom stereocenters. The highest BCUT2D eigenvalue weighted by molar-refractivity contribution is 4.93. The number of methoxy groups -OCH3 is 1. The monoisotopic (exact) mass is 349 g/mol. The topological polar surface area (TPSA) is 39.9 Å². The summed E-state index contributed by atoms with van der Waals surface area (Å²) < 4.78 is 8.00. The molecule has 0 radical (unpaired) electrons. The molecule has 1 fully saturated rings. The lowest BCUT2D eigenvalue weighted by atomic mass is 9.63. The maximum absolute atomic E-state index is 6.01. The average Bonchev–Trinajstić information content (AvgIpc) is 3.09. The van der Waals surface area contributed by atoms with Gasteiger partial charge in [-0.2, -0.15) is 5.10 Å². The molecule has 1 aliphatic carbocycles. The van der Waals surface area contributed by atoms with Gasteiger partial charge in [0.05, 0.1) is 6.10 Å². The van der Waals surface area contributed by atoms with Crippen LogP contribution in [-0.4, -0.2) is 28.0 Å². The van der Waals surface area contributed by atoms with Crippen LogP contribution in [0.5, 0.6) is 0 Å². The predicted octanol–water partition coefficient (Wildman–Crippen LogP) is 5.49. The van der Waals surface area contributed by atoms with E-state index in [0.717, 1.165) is 12.5 Å². The fourth-order valence-electron chi connectivity index (χ4n) is 4.74. The minimum Gasteiger partial charge on any atom is -0.381 e. The zero-order valence-corrected chi connectivity index (χ0v) is 16.9. The summed E-state index contributed by atoms with van der Waals surface area (Å²) in [7, 11) is 1.89. The second-order valence-corrected chi connectivity index (χ2v) is 8.64. The van der Waals surface area contributed by atoms with Crippen LogP contribution in [0, 0.1) is 17.3 Å². The molecule has 25 heavy (non-hydrogen) atoms. The molecule has 0 N–H and O–H groups in total. The summed E-state index contributed by atoms with van der Waals surface area (Å²) in [6, 6.07) is 0. The highest BCUT2D eigenvalue weighted by Crippen LogP contribution is 2.46. The Bertz CT molecular complexity index is 458. The normalized spacial score (nSPS) is 26.0. The third-order valence-corrected chi connectivity index (χ3v) is 6.22. The number of unbranched alkanes of at least 4 members (excludes halogenated alkanes) is 6. The molecule has 1 aliphatic rings. The van der Waals surface area contributed by atoms with Crippen molar-refractivity contribution in [3.05, 3.63) is 12.7 Å². The van der Waals surface area contributed by atoms with Gasteiger partial charge in [0.25, 0.3) is 0 Å². The molecule has 4 heteroatoms. The first-order valence-electron chi connectivity index (χ1n) is 10.4. The Balaban J connectivity index is 1.87. The van der Waals surface area contributed by atoms with Gasteiger partial charge in [-0.15, -0.1) is 0 Å². The summed E-state index contributed by atoms with van der Waals surface area (Å²) >= 11 is 0. The minimum atomic E-state index is 0.247. The highest BCUT2D eigenvalue weighted by Gasteiger charge is 2.44. The lowest BCUT2D eigenvalue weighted by molar-refractivity contribution is -0.0930. The Morgan fingerprint density at radius 2 is 1.84 bits per heavy atom. The molecule has 1 aromatic heterocycles. The van der Waals surface area contributed by atoms with Crippen molar-refractivity contribution in [2.45, 2.75) is 97.6 Å². The van der Waals surface area contributed by atoms with E-state index in [4.69, 9.17) is 4.74 Å². The Morgan fingerprint density at radius 3 is 2.48 bits per heavy atom. The number of nitrogens with zero attached hydrogens (tertiary/aromatic N) is 3. The molecular weight excluding hydrogens is 310 g/mol. The maximum atomic E-state index is 6.01. The van der Waals surface area contributed by atoms with Gasteiger partial charge in [0, 0.05) is 19.6 Å². The van der Waals surface area contributed by atoms with Crippen LogP contribution in [0.15, 0.2) is 12.7 Å². The van der Waals surface area contributed by atoms with E-state index in [1.165, 1.54) is 64.2 Å². The van der Waals surface area contributed by atoms with Crippen molar-refractivity contribution in [2.75, 3.05) is 7.11 Å². The van der Waals surface area contributed by atoms with Crippen molar-refractivity contribution in [3.8, 4) is 0 Å². The molecule has 0 bridgehead atoms. The number of hydrogen-bond acceptors (Lipinski definition) is 3. The third-order valence-electron chi connectivity index (χ3n) is 6.22. The molecule has 0 aromatic carbocycles. The second-order valence-electron chi connectivity index (χ2n) is 8.64. The molecule has 0 spiro atoms. The van der Waals surface area contributed by atoms with Crippen LogP contribution in [0.1, 0.15) is 85.0 Å². The van der Waals surface area contributed by atoms with Crippen LogP contribution < -0.4 is 0 Å². The van der Waals surface area contributed by atoms with Gasteiger partial charge in [0.2, 0.25) is 0 Å². The van der Waals surface area contributed by atoms with E-state index in [1.807, 2.05) is 18.1 Å². The van der Waals surface area contributed by atoms with E-state index in [-0.39, 0.29) is 5.41 Å². The average molecular weight is 350 g/mol. The van der Waals surface area contributed by atoms with Gasteiger partial charge >= 0.3 is 0 Å². The molecule has 1 aromatic rings. The van der Waals surface area contributed by atoms with E-state index in [2.05, 4.69) is 30.9 Å². The number of aromatic nitrogens is 3. The fourth-order valence-corrected chi connectivity index (χ4v) is 4.74. The molecule has 144 valence electrons. The van der Waals surface area contributed by atoms with Gasteiger partial charge in [-0.3, -0.25) is 4.68 Å². The molecule has 1 saturated carbocycles. The van der Waals surface area contributed by atoms with Gasteiger partial charge in [-0.05, 0) is 24.2 Å². The van der Waals surface area contributed by atoms with E-state index in [1.54, 1.807) is 6.33 Å². The van der Waals surface area contributed by atoms with Crippen LogP contribution in [0.2, 0.25) is 0 Å². The standard InChI is InChI=1S/C21H39N3O/c1-5-6-7-8-9-10-11-12-18-13-14-21(2,3)20(25-4)19(18)15-24-17-22-16-23-24/h16-20H,5-15H2,1-4H3/t18-,19+,20-/m1/s1. The first-order chi connectivity index (χ1) is 12.1. The summed E-state index contributed by atoms with van der Waals surface area (Å²) in [5, 5.41) is 4.35. The Morgan fingerprint density at radius 1 is 1.12 bits per heavy atom. The van der Waals surface area contributed by atoms with E-state index < -0.39 is 0 Å². The lowest BCUT2D eigenvalue weighted by Gasteiger charge is -2.47. The van der Waals surface area contributed by atoms with Crippen LogP contribution in [-0.2, 0) is 11.3 Å². The third kappa shape index (κ3) is 6.09. The zero-order chi connectivity index (χ0) is 18.1. The van der Waals surface area contributed by atoms with Crippen molar-refractivity contribution >= 4 is 0 Å². The Kier molecular flexibility index (Phi) is 8.41. The molecule has 2 rings (SSSR count). The van der Waals surface area contributed by atoms with Gasteiger partial charge in [-0.1, -0.05) is 72.1 Å². The molecule has 0 amide bonds. The number of ether oxygens (including phenoxy) is 1. The van der Waals surface area contributed by atoms with Gasteiger partial charge < -0.3 is 4.74 Å². The zero-order valence-electron chi connectivity index (χ0n) is 16.9. The summed E-state index contributed by atoms with van der Waals surface area (Å²) in [6.45, 7) is 7.94. The van der Waals surface area contributed by atoms with Crippen LogP contribution >= 0.6 is 0 Å². The number of rotatable bonds is 11. The maximum Gasteiger partial charge on any atom is 0.137 e. The highest BCUT2D eigenvalue weighted by atomic mass is 16.5. The van der Waals surface area contributed by atoms with E-state index in [0.29, 0.717) is 12.0 Å². The summed E-state index contributed by atoms with van der Waals surface area (Å²) in [4.78, 5) is 4.12. The minimum absolute atomic E-state index is 0.247. The largest absolute Gasteiger partial charge is 0.381 e. The van der Waals surface area contributed by atoms with Crippen LogP contribution in [0.4, 0.5) is 0 Å². The lowest BCUT2D eigenvalue weighted by Crippen LogP contribution is -2.47. The van der Waals surface area contributed by atoms with Crippen molar-refractivity contribution in [2.24, 2.45) is 17.3 Å². The Hall–Kier alpha value is -0.900. The van der Waals surface area contributed by atoms with Gasteiger partial charge in [0.15, 0.2) is 0 Å². The van der Waals surface area contributed by atoms with Crippen molar-refractivity contribution < 1.29 is 4.74 Å². The summed E-state index contributed by atoms with van der Waals surface area (Å²) in [5.74, 6) is 1.29. The predicted molar refractivity (Wildman–Crippen MR) is 103 cm³/mol. The molecule has 4 nitrogen and oxygen atoms in total. The SMILES string of the molecule is CCCCCCCCC[C@@H]1CCC(C)(C)[C@H](OC)[C@H]1Cn1cncn1. The van der Waals surface area contributed by atoms with Crippen LogP contribution in [0.25, 0.3) is 0 Å². The second kappa shape index (κ2) is 10.3. The molecule has 3 atom stereocenters. The Labute approximate surface area is 154 Å². The molecule has 0 aliphatic heterocycles. The van der Waals surface area contributed by atoms with Crippen molar-refractivity contribution in [1.29, 1.82) is 0 Å². The first kappa shape index (κ1) is 20.4. The fraction of sp³-hybridized carbons (Fsp3) is 0.905. The summed E-state index contributed by atoms with van der Waals surface area (Å²) in [5.41, 5.74) is 0.247. The van der Waals surface area contributed by atoms with Gasteiger partial charge in [-0.25, -0.2) is 4.98 Å². The number of hydrogen-bond donors (Lipinski definition) is 0. The van der Waals surface area contributed by atoms with Crippen LogP contribution in [0.3, 0.4) is 0 Å². The summed E-state index contributed by atoms with van der Waals surface area (Å²) in [6.07, 6.45) is 17.4. The van der Waals surface area contributed by atoms with Crippen molar-refractivity contribution in [1.82, 2.24) is 14.8 Å². The quantitative estimate of drug-likeness (QED) is 0.496. The van der Waals surface area contributed by atoms with E-state index >= 15 is 0 Å². The van der Waals surface area contributed by atoms with Gasteiger partial charge in [0.1, 0.15) is 12.7 Å². The smallest absolute Gasteiger partial charge is 0.137 e. The molecular formula is C21H39N3O. The molecule has 1 heterocycles.